The minimum atomic E-state index is -1.18. The molecule has 0 fully saturated rings. The Morgan fingerprint density at radius 1 is 1.33 bits per heavy atom. The summed E-state index contributed by atoms with van der Waals surface area (Å²) in [7, 11) is 2.14. The smallest absolute Gasteiger partial charge is 0.156 e. The van der Waals surface area contributed by atoms with Crippen LogP contribution in [0.15, 0.2) is 12.7 Å². The predicted molar refractivity (Wildman–Crippen MR) is 58.7 cm³/mol. The molecule has 92 valence electrons. The van der Waals surface area contributed by atoms with Crippen LogP contribution in [-0.2, 0) is 0 Å². The number of likely N-dealkylation sites (N-methyl/N-ethyl adjacent to an activating group) is 1. The van der Waals surface area contributed by atoms with E-state index in [9.17, 15) is 0 Å². The Labute approximate surface area is 99.4 Å². The Morgan fingerprint density at radius 2 is 1.93 bits per heavy atom. The van der Waals surface area contributed by atoms with Gasteiger partial charge in [-0.25, -0.2) is 0 Å². The Hall–Kier alpha value is -0.0900. The summed E-state index contributed by atoms with van der Waals surface area (Å²) in [6, 6.07) is 0. The Bertz CT molecular complexity index is 165. The molecule has 0 heterocycles. The second-order valence-corrected chi connectivity index (χ2v) is 4.16. The summed E-state index contributed by atoms with van der Waals surface area (Å²) in [4.78, 5) is 0. The van der Waals surface area contributed by atoms with E-state index in [2.05, 4.69) is 20.6 Å². The summed E-state index contributed by atoms with van der Waals surface area (Å²) in [6.07, 6.45) is 3.50. The van der Waals surface area contributed by atoms with E-state index in [1.54, 1.807) is 0 Å². The molecule has 1 unspecified atom stereocenters. The number of nitrogens with zero attached hydrogens (tertiary/aromatic N) is 1. The van der Waals surface area contributed by atoms with Crippen LogP contribution in [0.4, 0.5) is 0 Å². The highest BCUT2D eigenvalue weighted by atomic mass is 35.5. The monoisotopic (exact) mass is 237 g/mol. The van der Waals surface area contributed by atoms with Gasteiger partial charge in [0.15, 0.2) is 6.29 Å². The molecular weight excluding hydrogens is 214 g/mol. The molecule has 3 nitrogen and oxygen atoms in total. The minimum absolute atomic E-state index is 0. The fourth-order valence-electron chi connectivity index (χ4n) is 1.57. The zero-order valence-electron chi connectivity index (χ0n) is 9.82. The van der Waals surface area contributed by atoms with Crippen molar-refractivity contribution in [3.63, 3.8) is 0 Å². The van der Waals surface area contributed by atoms with Crippen molar-refractivity contribution in [3.05, 3.63) is 12.7 Å². The molecule has 0 spiro atoms. The van der Waals surface area contributed by atoms with Crippen LogP contribution in [0.2, 0.25) is 0 Å². The number of rotatable bonds is 8. The molecule has 0 rings (SSSR count). The van der Waals surface area contributed by atoms with Crippen LogP contribution in [0.5, 0.6) is 0 Å². The fourth-order valence-corrected chi connectivity index (χ4v) is 1.57. The van der Waals surface area contributed by atoms with Gasteiger partial charge in [0.25, 0.3) is 0 Å². The first-order valence-electron chi connectivity index (χ1n) is 5.34. The van der Waals surface area contributed by atoms with Crippen molar-refractivity contribution in [3.8, 4) is 0 Å². The molecule has 2 N–H and O–H groups in total. The molecule has 0 aromatic heterocycles. The first-order valence-corrected chi connectivity index (χ1v) is 5.34. The summed E-state index contributed by atoms with van der Waals surface area (Å²) in [5.74, 6) is 0. The highest BCUT2D eigenvalue weighted by Gasteiger charge is 2.19. The lowest BCUT2D eigenvalue weighted by molar-refractivity contribution is -0.905. The van der Waals surface area contributed by atoms with E-state index in [0.29, 0.717) is 6.42 Å². The number of hydrogen-bond donors (Lipinski definition) is 2. The van der Waals surface area contributed by atoms with Gasteiger partial charge in [0.05, 0.1) is 26.7 Å². The average molecular weight is 238 g/mol. The number of unbranched alkanes of at least 4 members (excludes halogenated alkanes) is 1. The third-order valence-corrected chi connectivity index (χ3v) is 2.55. The molecule has 0 aliphatic heterocycles. The maximum Gasteiger partial charge on any atom is 0.156 e. The van der Waals surface area contributed by atoms with Gasteiger partial charge >= 0.3 is 0 Å². The summed E-state index contributed by atoms with van der Waals surface area (Å²) in [5, 5.41) is 17.7. The minimum Gasteiger partial charge on any atom is -1.00 e. The van der Waals surface area contributed by atoms with Gasteiger partial charge in [0.1, 0.15) is 0 Å². The maximum absolute atomic E-state index is 8.83. The third kappa shape index (κ3) is 8.88. The van der Waals surface area contributed by atoms with Crippen LogP contribution in [0.1, 0.15) is 26.2 Å². The second kappa shape index (κ2) is 9.16. The van der Waals surface area contributed by atoms with Crippen molar-refractivity contribution in [2.24, 2.45) is 0 Å². The van der Waals surface area contributed by atoms with Gasteiger partial charge in [-0.3, -0.25) is 0 Å². The molecule has 4 heteroatoms. The van der Waals surface area contributed by atoms with Crippen LogP contribution in [0.3, 0.4) is 0 Å². The summed E-state index contributed by atoms with van der Waals surface area (Å²) in [5.41, 5.74) is 0. The van der Waals surface area contributed by atoms with E-state index < -0.39 is 6.29 Å². The largest absolute Gasteiger partial charge is 1.00 e. The Morgan fingerprint density at radius 3 is 2.33 bits per heavy atom. The Balaban J connectivity index is 0. The van der Waals surface area contributed by atoms with Gasteiger partial charge in [-0.05, 0) is 12.5 Å². The molecule has 1 atom stereocenters. The van der Waals surface area contributed by atoms with Gasteiger partial charge in [0.2, 0.25) is 0 Å². The normalized spacial score (nSPS) is 14.5. The molecule has 15 heavy (non-hydrogen) atoms. The van der Waals surface area contributed by atoms with Crippen molar-refractivity contribution in [1.82, 2.24) is 0 Å². The molecular formula is C11H24ClNO2. The average Bonchev–Trinajstić information content (AvgIpc) is 2.13. The standard InChI is InChI=1S/C11H24NO2.ClH/c1-4-6-9-12(3,8-5-2)10-7-11(13)14;/h5,11,13-14H,2,4,6-10H2,1,3H3;1H/q+1;/p-1. The molecule has 0 radical (unpaired) electrons. The topological polar surface area (TPSA) is 40.5 Å². The SMILES string of the molecule is C=CC[N+](C)(CCCC)CCC(O)O.[Cl-]. The van der Waals surface area contributed by atoms with E-state index in [1.165, 1.54) is 12.8 Å². The van der Waals surface area contributed by atoms with Gasteiger partial charge in [-0.1, -0.05) is 19.9 Å². The second-order valence-electron chi connectivity index (χ2n) is 4.16. The van der Waals surface area contributed by atoms with Crippen molar-refractivity contribution >= 4 is 0 Å². The van der Waals surface area contributed by atoms with Crippen LogP contribution in [-0.4, -0.2) is 47.7 Å². The molecule has 0 amide bonds. The predicted octanol–water partition coefficient (Wildman–Crippen LogP) is -1.88. The summed E-state index contributed by atoms with van der Waals surface area (Å²) in [6.45, 7) is 8.68. The van der Waals surface area contributed by atoms with E-state index in [-0.39, 0.29) is 12.4 Å². The third-order valence-electron chi connectivity index (χ3n) is 2.55. The molecule has 0 aliphatic carbocycles. The number of aliphatic hydroxyl groups is 2. The van der Waals surface area contributed by atoms with Crippen LogP contribution >= 0.6 is 0 Å². The molecule has 0 bridgehead atoms. The van der Waals surface area contributed by atoms with Crippen molar-refractivity contribution < 1.29 is 27.1 Å². The van der Waals surface area contributed by atoms with Gasteiger partial charge in [0, 0.05) is 6.42 Å². The lowest BCUT2D eigenvalue weighted by Crippen LogP contribution is -3.00. The lowest BCUT2D eigenvalue weighted by Gasteiger charge is -2.33. The van der Waals surface area contributed by atoms with Gasteiger partial charge in [-0.15, -0.1) is 0 Å². The molecule has 0 saturated carbocycles. The maximum atomic E-state index is 8.83. The van der Waals surface area contributed by atoms with E-state index in [4.69, 9.17) is 10.2 Å². The fraction of sp³-hybridized carbons (Fsp3) is 0.818. The van der Waals surface area contributed by atoms with E-state index in [1.807, 2.05) is 6.08 Å². The highest BCUT2D eigenvalue weighted by Crippen LogP contribution is 2.08. The summed E-state index contributed by atoms with van der Waals surface area (Å²) < 4.78 is 0.856. The molecule has 0 saturated heterocycles. The summed E-state index contributed by atoms with van der Waals surface area (Å²) >= 11 is 0. The van der Waals surface area contributed by atoms with E-state index >= 15 is 0 Å². The van der Waals surface area contributed by atoms with Crippen molar-refractivity contribution in [2.45, 2.75) is 32.5 Å². The lowest BCUT2D eigenvalue weighted by atomic mass is 10.2. The molecule has 0 aromatic rings. The highest BCUT2D eigenvalue weighted by molar-refractivity contribution is 4.65. The number of hydrogen-bond acceptors (Lipinski definition) is 2. The quantitative estimate of drug-likeness (QED) is 0.295. The van der Waals surface area contributed by atoms with Crippen LogP contribution in [0, 0.1) is 0 Å². The van der Waals surface area contributed by atoms with Crippen LogP contribution in [0.25, 0.3) is 0 Å². The zero-order valence-corrected chi connectivity index (χ0v) is 10.6. The number of quaternary nitrogens is 1. The number of aliphatic hydroxyl groups excluding tert-OH is 1. The molecule has 0 aliphatic rings. The van der Waals surface area contributed by atoms with Gasteiger partial charge in [-0.2, -0.15) is 0 Å². The van der Waals surface area contributed by atoms with Crippen LogP contribution < -0.4 is 12.4 Å². The Kier molecular flexibility index (Phi) is 10.6. The van der Waals surface area contributed by atoms with Crippen molar-refractivity contribution in [2.75, 3.05) is 26.7 Å². The van der Waals surface area contributed by atoms with Gasteiger partial charge < -0.3 is 27.1 Å². The van der Waals surface area contributed by atoms with Crippen molar-refractivity contribution in [1.29, 1.82) is 0 Å². The number of halogens is 1. The molecule has 0 aromatic carbocycles. The van der Waals surface area contributed by atoms with E-state index in [0.717, 1.165) is 24.1 Å². The first-order chi connectivity index (χ1) is 6.54. The zero-order chi connectivity index (χ0) is 11.0. The first kappa shape index (κ1) is 17.3.